The molecule has 1 fully saturated rings. The average Bonchev–Trinajstić information content (AvgIpc) is 2.74. The van der Waals surface area contributed by atoms with E-state index < -0.39 is 17.6 Å². The van der Waals surface area contributed by atoms with E-state index in [0.29, 0.717) is 32.4 Å². The molecule has 22 heavy (non-hydrogen) atoms. The van der Waals surface area contributed by atoms with Gasteiger partial charge in [-0.25, -0.2) is 4.79 Å². The molecule has 0 spiro atoms. The number of amides is 1. The van der Waals surface area contributed by atoms with Crippen molar-refractivity contribution in [3.63, 3.8) is 0 Å². The lowest BCUT2D eigenvalue weighted by Crippen LogP contribution is -2.57. The Hall–Kier alpha value is -1.83. The summed E-state index contributed by atoms with van der Waals surface area (Å²) >= 11 is 0. The Morgan fingerprint density at radius 2 is 2.05 bits per heavy atom. The van der Waals surface area contributed by atoms with E-state index >= 15 is 0 Å². The third-order valence-corrected chi connectivity index (χ3v) is 4.54. The summed E-state index contributed by atoms with van der Waals surface area (Å²) in [5, 5.41) is 9.47. The number of carboxylic acid groups (broad SMARTS) is 1. The highest BCUT2D eigenvalue weighted by molar-refractivity contribution is 5.90. The minimum absolute atomic E-state index is 0.0450. The Kier molecular flexibility index (Phi) is 6.16. The molecular weight excluding hydrogens is 286 g/mol. The molecule has 1 saturated heterocycles. The van der Waals surface area contributed by atoms with Gasteiger partial charge in [-0.1, -0.05) is 6.92 Å². The van der Waals surface area contributed by atoms with Gasteiger partial charge in [0.05, 0.1) is 6.04 Å². The van der Waals surface area contributed by atoms with Crippen molar-refractivity contribution in [1.29, 1.82) is 0 Å². The van der Waals surface area contributed by atoms with E-state index in [2.05, 4.69) is 4.99 Å². The summed E-state index contributed by atoms with van der Waals surface area (Å²) in [7, 11) is 0. The van der Waals surface area contributed by atoms with Crippen LogP contribution in [-0.4, -0.2) is 52.5 Å². The van der Waals surface area contributed by atoms with Crippen LogP contribution in [0.3, 0.4) is 0 Å². The maximum atomic E-state index is 12.5. The summed E-state index contributed by atoms with van der Waals surface area (Å²) in [5.41, 5.74) is 15.2. The highest BCUT2D eigenvalue weighted by Gasteiger charge is 2.51. The SMILES string of the molecule is CC1CCN(C(=O)[C@@H](N)CCCCN=C(N)N)[C@]1(C)C(=O)O. The Morgan fingerprint density at radius 1 is 1.41 bits per heavy atom. The standard InChI is InChI=1S/C14H27N5O3/c1-9-6-8-19(14(9,2)12(21)22)11(20)10(15)5-3-4-7-18-13(16)17/h9-10H,3-8,15H2,1-2H3,(H,21,22)(H4,16,17,18)/t9?,10-,14-/m0/s1. The smallest absolute Gasteiger partial charge is 0.329 e. The van der Waals surface area contributed by atoms with Crippen LogP contribution in [0.2, 0.25) is 0 Å². The molecule has 8 nitrogen and oxygen atoms in total. The van der Waals surface area contributed by atoms with Gasteiger partial charge in [0, 0.05) is 13.1 Å². The van der Waals surface area contributed by atoms with Gasteiger partial charge in [0.2, 0.25) is 5.91 Å². The van der Waals surface area contributed by atoms with E-state index in [-0.39, 0.29) is 17.8 Å². The lowest BCUT2D eigenvalue weighted by molar-refractivity contribution is -0.157. The van der Waals surface area contributed by atoms with E-state index in [1.54, 1.807) is 6.92 Å². The number of guanidine groups is 1. The minimum Gasteiger partial charge on any atom is -0.479 e. The summed E-state index contributed by atoms with van der Waals surface area (Å²) in [6.07, 6.45) is 2.59. The maximum absolute atomic E-state index is 12.5. The Bertz CT molecular complexity index is 450. The highest BCUT2D eigenvalue weighted by Crippen LogP contribution is 2.35. The first-order chi connectivity index (χ1) is 10.2. The molecule has 3 atom stereocenters. The molecular formula is C14H27N5O3. The molecule has 0 bridgehead atoms. The number of hydrogen-bond donors (Lipinski definition) is 4. The zero-order valence-electron chi connectivity index (χ0n) is 13.3. The van der Waals surface area contributed by atoms with E-state index in [1.807, 2.05) is 6.92 Å². The van der Waals surface area contributed by atoms with E-state index in [1.165, 1.54) is 4.90 Å². The van der Waals surface area contributed by atoms with Crippen molar-refractivity contribution < 1.29 is 14.7 Å². The van der Waals surface area contributed by atoms with Crippen LogP contribution in [0.1, 0.15) is 39.5 Å². The first kappa shape index (κ1) is 18.2. The second-order valence-corrected chi connectivity index (χ2v) is 6.04. The predicted molar refractivity (Wildman–Crippen MR) is 84.0 cm³/mol. The fraction of sp³-hybridized carbons (Fsp3) is 0.786. The van der Waals surface area contributed by atoms with Gasteiger partial charge >= 0.3 is 5.97 Å². The summed E-state index contributed by atoms with van der Waals surface area (Å²) in [6, 6.07) is -0.692. The third-order valence-electron chi connectivity index (χ3n) is 4.54. The number of nitrogens with two attached hydrogens (primary N) is 3. The first-order valence-corrected chi connectivity index (χ1v) is 7.57. The molecule has 1 unspecified atom stereocenters. The Morgan fingerprint density at radius 3 is 2.59 bits per heavy atom. The van der Waals surface area contributed by atoms with Gasteiger partial charge in [0.1, 0.15) is 5.54 Å². The van der Waals surface area contributed by atoms with Crippen molar-refractivity contribution in [2.75, 3.05) is 13.1 Å². The lowest BCUT2D eigenvalue weighted by Gasteiger charge is -2.35. The van der Waals surface area contributed by atoms with Crippen LogP contribution < -0.4 is 17.2 Å². The number of carbonyl (C=O) groups is 2. The molecule has 1 heterocycles. The van der Waals surface area contributed by atoms with Gasteiger partial charge < -0.3 is 27.2 Å². The van der Waals surface area contributed by atoms with Gasteiger partial charge in [0.25, 0.3) is 0 Å². The van der Waals surface area contributed by atoms with Crippen molar-refractivity contribution in [3.8, 4) is 0 Å². The van der Waals surface area contributed by atoms with Gasteiger partial charge in [0.15, 0.2) is 5.96 Å². The zero-order valence-corrected chi connectivity index (χ0v) is 13.3. The normalized spacial score (nSPS) is 25.8. The minimum atomic E-state index is -1.17. The molecule has 8 heteroatoms. The number of hydrogen-bond acceptors (Lipinski definition) is 4. The largest absolute Gasteiger partial charge is 0.479 e. The van der Waals surface area contributed by atoms with Crippen molar-refractivity contribution >= 4 is 17.8 Å². The highest BCUT2D eigenvalue weighted by atomic mass is 16.4. The zero-order chi connectivity index (χ0) is 16.9. The number of nitrogens with zero attached hydrogens (tertiary/aromatic N) is 2. The quantitative estimate of drug-likeness (QED) is 0.282. The van der Waals surface area contributed by atoms with Crippen LogP contribution >= 0.6 is 0 Å². The molecule has 126 valence electrons. The first-order valence-electron chi connectivity index (χ1n) is 7.57. The summed E-state index contributed by atoms with van der Waals surface area (Å²) in [5.74, 6) is -1.33. The number of aliphatic imine (C=N–C) groups is 1. The van der Waals surface area contributed by atoms with Gasteiger partial charge in [-0.2, -0.15) is 0 Å². The summed E-state index contributed by atoms with van der Waals surface area (Å²) in [6.45, 7) is 4.37. The fourth-order valence-electron chi connectivity index (χ4n) is 2.78. The van der Waals surface area contributed by atoms with Crippen molar-refractivity contribution in [1.82, 2.24) is 4.90 Å². The second-order valence-electron chi connectivity index (χ2n) is 6.04. The molecule has 1 amide bonds. The number of rotatable bonds is 7. The van der Waals surface area contributed by atoms with Gasteiger partial charge in [-0.3, -0.25) is 9.79 Å². The molecule has 0 aromatic rings. The van der Waals surface area contributed by atoms with Crippen molar-refractivity contribution in [2.24, 2.45) is 28.1 Å². The summed E-state index contributed by atoms with van der Waals surface area (Å²) in [4.78, 5) is 29.3. The van der Waals surface area contributed by atoms with Crippen LogP contribution in [-0.2, 0) is 9.59 Å². The van der Waals surface area contributed by atoms with Crippen LogP contribution in [0.25, 0.3) is 0 Å². The van der Waals surface area contributed by atoms with Crippen LogP contribution in [0, 0.1) is 5.92 Å². The molecule has 0 aromatic heterocycles. The summed E-state index contributed by atoms with van der Waals surface area (Å²) < 4.78 is 0. The lowest BCUT2D eigenvalue weighted by atomic mass is 9.88. The van der Waals surface area contributed by atoms with E-state index in [0.717, 1.165) is 6.42 Å². The molecule has 0 aromatic carbocycles. The Labute approximate surface area is 130 Å². The molecule has 7 N–H and O–H groups in total. The predicted octanol–water partition coefficient (Wildman–Crippen LogP) is -0.531. The molecule has 1 aliphatic rings. The number of likely N-dealkylation sites (tertiary alicyclic amines) is 1. The monoisotopic (exact) mass is 313 g/mol. The van der Waals surface area contributed by atoms with E-state index in [4.69, 9.17) is 17.2 Å². The van der Waals surface area contributed by atoms with Gasteiger partial charge in [-0.15, -0.1) is 0 Å². The molecule has 0 saturated carbocycles. The second kappa shape index (κ2) is 7.44. The van der Waals surface area contributed by atoms with E-state index in [9.17, 15) is 14.7 Å². The molecule has 1 rings (SSSR count). The van der Waals surface area contributed by atoms with Crippen LogP contribution in [0.4, 0.5) is 0 Å². The number of carboxylic acids is 1. The van der Waals surface area contributed by atoms with Gasteiger partial charge in [-0.05, 0) is 38.5 Å². The number of unbranched alkanes of at least 4 members (excludes halogenated alkanes) is 1. The molecule has 1 aliphatic heterocycles. The number of carbonyl (C=O) groups excluding carboxylic acids is 1. The van der Waals surface area contributed by atoms with Crippen molar-refractivity contribution in [2.45, 2.75) is 51.1 Å². The fourth-order valence-corrected chi connectivity index (χ4v) is 2.78. The maximum Gasteiger partial charge on any atom is 0.329 e. The van der Waals surface area contributed by atoms with Crippen LogP contribution in [0.15, 0.2) is 4.99 Å². The average molecular weight is 313 g/mol. The molecule has 0 radical (unpaired) electrons. The topological polar surface area (TPSA) is 148 Å². The van der Waals surface area contributed by atoms with Crippen molar-refractivity contribution in [3.05, 3.63) is 0 Å². The number of aliphatic carboxylic acids is 1. The molecule has 0 aliphatic carbocycles. The van der Waals surface area contributed by atoms with Crippen LogP contribution in [0.5, 0.6) is 0 Å². The third kappa shape index (κ3) is 3.88. The Balaban J connectivity index is 2.56.